The molecule has 1 aliphatic heterocycles. The van der Waals surface area contributed by atoms with Gasteiger partial charge in [0.2, 0.25) is 0 Å². The summed E-state index contributed by atoms with van der Waals surface area (Å²) >= 11 is 0. The molecule has 1 heterocycles. The van der Waals surface area contributed by atoms with E-state index in [9.17, 15) is 18.0 Å². The maximum absolute atomic E-state index is 12.8. The highest BCUT2D eigenvalue weighted by Crippen LogP contribution is 2.27. The van der Waals surface area contributed by atoms with Gasteiger partial charge in [0.15, 0.2) is 0 Å². The van der Waals surface area contributed by atoms with Crippen LogP contribution in [0, 0.1) is 6.92 Å². The number of esters is 1. The smallest absolute Gasteiger partial charge is 0.328 e. The van der Waals surface area contributed by atoms with Gasteiger partial charge in [0, 0.05) is 18.5 Å². The van der Waals surface area contributed by atoms with Crippen LogP contribution in [0.2, 0.25) is 0 Å². The molecule has 3 rings (SSSR count). The van der Waals surface area contributed by atoms with E-state index in [1.54, 1.807) is 42.5 Å². The van der Waals surface area contributed by atoms with Gasteiger partial charge in [0.05, 0.1) is 18.1 Å². The van der Waals surface area contributed by atoms with Crippen molar-refractivity contribution in [2.75, 3.05) is 13.7 Å². The van der Waals surface area contributed by atoms with E-state index < -0.39 is 28.2 Å². The number of carbonyl (C=O) groups excluding carboxylic acids is 2. The molecule has 0 aromatic heterocycles. The maximum atomic E-state index is 12.8. The van der Waals surface area contributed by atoms with Crippen LogP contribution in [0.5, 0.6) is 0 Å². The van der Waals surface area contributed by atoms with Gasteiger partial charge in [-0.05, 0) is 31.2 Å². The Morgan fingerprint density at radius 1 is 1.04 bits per heavy atom. The average Bonchev–Trinajstić information content (AvgIpc) is 3.10. The van der Waals surface area contributed by atoms with E-state index in [4.69, 9.17) is 8.92 Å². The lowest BCUT2D eigenvalue weighted by Crippen LogP contribution is -2.41. The molecule has 0 bridgehead atoms. The number of likely N-dealkylation sites (tertiary alicyclic amines) is 1. The molecule has 1 amide bonds. The van der Waals surface area contributed by atoms with Gasteiger partial charge in [-0.1, -0.05) is 35.9 Å². The van der Waals surface area contributed by atoms with E-state index in [0.717, 1.165) is 5.56 Å². The fourth-order valence-corrected chi connectivity index (χ4v) is 4.22. The number of ether oxygens (including phenoxy) is 1. The fraction of sp³-hybridized carbons (Fsp3) is 0.300. The molecular weight excluding hydrogens is 382 g/mol. The Bertz CT molecular complexity index is 956. The molecule has 1 saturated heterocycles. The summed E-state index contributed by atoms with van der Waals surface area (Å²) in [5, 5.41) is 0. The van der Waals surface area contributed by atoms with Crippen LogP contribution in [0.25, 0.3) is 0 Å². The lowest BCUT2D eigenvalue weighted by Gasteiger charge is -2.22. The van der Waals surface area contributed by atoms with Gasteiger partial charge in [-0.15, -0.1) is 0 Å². The van der Waals surface area contributed by atoms with Crippen LogP contribution < -0.4 is 0 Å². The fourth-order valence-electron chi connectivity index (χ4n) is 3.14. The second kappa shape index (κ2) is 8.12. The minimum atomic E-state index is -4.02. The van der Waals surface area contributed by atoms with E-state index >= 15 is 0 Å². The molecule has 28 heavy (non-hydrogen) atoms. The molecule has 1 aliphatic rings. The van der Waals surface area contributed by atoms with Gasteiger partial charge in [0.1, 0.15) is 6.04 Å². The largest absolute Gasteiger partial charge is 0.467 e. The van der Waals surface area contributed by atoms with Crippen LogP contribution in [0.3, 0.4) is 0 Å². The lowest BCUT2D eigenvalue weighted by atomic mass is 10.1. The minimum Gasteiger partial charge on any atom is -0.467 e. The van der Waals surface area contributed by atoms with Crippen LogP contribution >= 0.6 is 0 Å². The second-order valence-electron chi connectivity index (χ2n) is 6.58. The van der Waals surface area contributed by atoms with Crippen molar-refractivity contribution < 1.29 is 26.9 Å². The summed E-state index contributed by atoms with van der Waals surface area (Å²) in [6.45, 7) is 1.82. The standard InChI is InChI=1S/C20H21NO6S/c1-14-8-10-17(11-9-14)28(24,25)27-16-12-18(20(23)26-2)21(13-16)19(22)15-6-4-3-5-7-15/h3-11,16,18H,12-13H2,1-2H3. The Morgan fingerprint density at radius 3 is 2.29 bits per heavy atom. The zero-order chi connectivity index (χ0) is 20.3. The number of methoxy groups -OCH3 is 1. The maximum Gasteiger partial charge on any atom is 0.328 e. The van der Waals surface area contributed by atoms with Crippen molar-refractivity contribution in [1.82, 2.24) is 4.90 Å². The number of nitrogens with zero attached hydrogens (tertiary/aromatic N) is 1. The third-order valence-corrected chi connectivity index (χ3v) is 5.97. The zero-order valence-electron chi connectivity index (χ0n) is 15.6. The highest BCUT2D eigenvalue weighted by molar-refractivity contribution is 7.86. The monoisotopic (exact) mass is 403 g/mol. The molecule has 0 N–H and O–H groups in total. The summed E-state index contributed by atoms with van der Waals surface area (Å²) in [6, 6.07) is 13.8. The Labute approximate surface area is 164 Å². The Balaban J connectivity index is 1.81. The SMILES string of the molecule is COC(=O)C1CC(OS(=O)(=O)c2ccc(C)cc2)CN1C(=O)c1ccccc1. The molecule has 0 spiro atoms. The molecule has 1 fully saturated rings. The van der Waals surface area contributed by atoms with Gasteiger partial charge in [0.25, 0.3) is 16.0 Å². The predicted molar refractivity (Wildman–Crippen MR) is 101 cm³/mol. The van der Waals surface area contributed by atoms with Gasteiger partial charge in [-0.25, -0.2) is 4.79 Å². The molecule has 7 nitrogen and oxygen atoms in total. The van der Waals surface area contributed by atoms with Gasteiger partial charge >= 0.3 is 5.97 Å². The summed E-state index contributed by atoms with van der Waals surface area (Å²) in [7, 11) is -2.79. The molecule has 0 aliphatic carbocycles. The number of amides is 1. The predicted octanol–water partition coefficient (Wildman–Crippen LogP) is 2.16. The first-order valence-corrected chi connectivity index (χ1v) is 10.2. The summed E-state index contributed by atoms with van der Waals surface area (Å²) in [6.07, 6.45) is -0.806. The molecule has 0 saturated carbocycles. The number of aryl methyl sites for hydroxylation is 1. The van der Waals surface area contributed by atoms with Crippen LogP contribution in [0.4, 0.5) is 0 Å². The number of hydrogen-bond acceptors (Lipinski definition) is 6. The third kappa shape index (κ3) is 4.23. The number of benzene rings is 2. The van der Waals surface area contributed by atoms with Gasteiger partial charge in [-0.3, -0.25) is 8.98 Å². The van der Waals surface area contributed by atoms with E-state index in [2.05, 4.69) is 0 Å². The van der Waals surface area contributed by atoms with Crippen LogP contribution in [0.15, 0.2) is 59.5 Å². The Kier molecular flexibility index (Phi) is 5.81. The first-order chi connectivity index (χ1) is 13.3. The van der Waals surface area contributed by atoms with E-state index in [1.807, 2.05) is 6.92 Å². The van der Waals surface area contributed by atoms with Crippen LogP contribution in [0.1, 0.15) is 22.3 Å². The molecule has 8 heteroatoms. The lowest BCUT2D eigenvalue weighted by molar-refractivity contribution is -0.145. The van der Waals surface area contributed by atoms with Crippen LogP contribution in [-0.4, -0.2) is 51.0 Å². The van der Waals surface area contributed by atoms with Crippen molar-refractivity contribution in [3.8, 4) is 0 Å². The number of carbonyl (C=O) groups is 2. The third-order valence-electron chi connectivity index (χ3n) is 4.59. The van der Waals surface area contributed by atoms with E-state index in [0.29, 0.717) is 5.56 Å². The molecule has 2 atom stereocenters. The summed E-state index contributed by atoms with van der Waals surface area (Å²) in [5.74, 6) is -0.988. The first-order valence-electron chi connectivity index (χ1n) is 8.75. The Morgan fingerprint density at radius 2 is 1.68 bits per heavy atom. The quantitative estimate of drug-likeness (QED) is 0.561. The molecule has 2 aromatic carbocycles. The highest BCUT2D eigenvalue weighted by Gasteiger charge is 2.43. The van der Waals surface area contributed by atoms with Crippen molar-refractivity contribution >= 4 is 22.0 Å². The van der Waals surface area contributed by atoms with Crippen molar-refractivity contribution in [2.24, 2.45) is 0 Å². The normalized spacial score (nSPS) is 19.4. The van der Waals surface area contributed by atoms with Crippen LogP contribution in [-0.2, 0) is 23.8 Å². The summed E-state index contributed by atoms with van der Waals surface area (Å²) in [5.41, 5.74) is 1.32. The average molecular weight is 403 g/mol. The minimum absolute atomic E-state index is 0.0283. The molecule has 2 aromatic rings. The summed E-state index contributed by atoms with van der Waals surface area (Å²) in [4.78, 5) is 26.3. The van der Waals surface area contributed by atoms with Gasteiger partial charge in [-0.2, -0.15) is 8.42 Å². The van der Waals surface area contributed by atoms with Crippen molar-refractivity contribution in [2.45, 2.75) is 30.4 Å². The van der Waals surface area contributed by atoms with Gasteiger partial charge < -0.3 is 9.64 Å². The molecule has 0 radical (unpaired) electrons. The van der Waals surface area contributed by atoms with Crippen molar-refractivity contribution in [3.05, 3.63) is 65.7 Å². The first kappa shape index (κ1) is 20.0. The summed E-state index contributed by atoms with van der Waals surface area (Å²) < 4.78 is 35.2. The zero-order valence-corrected chi connectivity index (χ0v) is 16.4. The van der Waals surface area contributed by atoms with Crippen molar-refractivity contribution in [1.29, 1.82) is 0 Å². The topological polar surface area (TPSA) is 90.0 Å². The van der Waals surface area contributed by atoms with Crippen molar-refractivity contribution in [3.63, 3.8) is 0 Å². The Hall–Kier alpha value is -2.71. The molecular formula is C20H21NO6S. The second-order valence-corrected chi connectivity index (χ2v) is 8.16. The molecule has 148 valence electrons. The highest BCUT2D eigenvalue weighted by atomic mass is 32.2. The number of rotatable bonds is 5. The van der Waals surface area contributed by atoms with E-state index in [-0.39, 0.29) is 23.8 Å². The molecule has 2 unspecified atom stereocenters. The van der Waals surface area contributed by atoms with E-state index in [1.165, 1.54) is 24.1 Å². The number of hydrogen-bond donors (Lipinski definition) is 0.